The number of hydrogen-bond donors (Lipinski definition) is 1. The maximum absolute atomic E-state index is 6.26. The topological polar surface area (TPSA) is 59.9 Å². The van der Waals surface area contributed by atoms with Gasteiger partial charge in [-0.1, -0.05) is 43.7 Å². The largest absolute Gasteiger partial charge is 0.495 e. The molecule has 2 aromatic rings. The molecule has 0 saturated carbocycles. The lowest BCUT2D eigenvalue weighted by molar-refractivity contribution is 0.409. The average molecular weight is 343 g/mol. The second kappa shape index (κ2) is 6.24. The van der Waals surface area contributed by atoms with Crippen molar-refractivity contribution in [2.75, 3.05) is 12.4 Å². The Hall–Kier alpha value is -2.40. The molecular weight excluding hydrogens is 324 g/mol. The minimum absolute atomic E-state index is 0.0375. The number of nitrogens with one attached hydrogen (secondary N) is 1. The van der Waals surface area contributed by atoms with Gasteiger partial charge < -0.3 is 10.1 Å². The molecule has 0 amide bonds. The Kier molecular flexibility index (Phi) is 4.28. The molecule has 0 spiro atoms. The predicted molar refractivity (Wildman–Crippen MR) is 97.7 cm³/mol. The number of hydrogen-bond acceptors (Lipinski definition) is 5. The Morgan fingerprint density at radius 2 is 1.92 bits per heavy atom. The number of anilines is 2. The highest BCUT2D eigenvalue weighted by molar-refractivity contribution is 6.32. The van der Waals surface area contributed by atoms with Crippen LogP contribution in [0, 0.1) is 12.3 Å². The molecule has 0 unspecified atom stereocenters. The van der Waals surface area contributed by atoms with Gasteiger partial charge in [-0.05, 0) is 13.0 Å². The minimum atomic E-state index is -0.0375. The van der Waals surface area contributed by atoms with E-state index >= 15 is 0 Å². The van der Waals surface area contributed by atoms with Crippen LogP contribution in [0.1, 0.15) is 30.8 Å². The molecule has 1 aliphatic rings. The van der Waals surface area contributed by atoms with Gasteiger partial charge in [0.25, 0.3) is 0 Å². The summed E-state index contributed by atoms with van der Waals surface area (Å²) in [6, 6.07) is 1.82. The van der Waals surface area contributed by atoms with Gasteiger partial charge in [-0.3, -0.25) is 0 Å². The van der Waals surface area contributed by atoms with E-state index in [1.54, 1.807) is 7.11 Å². The SMILES string of the molecule is COc1cc(Nc2ncnc3c2C=CC(C)(C)C=C3)c(Cl)nc1C. The molecule has 0 saturated heterocycles. The lowest BCUT2D eigenvalue weighted by atomic mass is 9.93. The zero-order valence-corrected chi connectivity index (χ0v) is 14.8. The molecular formula is C18H19ClN4O. The van der Waals surface area contributed by atoms with Crippen LogP contribution in [-0.2, 0) is 0 Å². The van der Waals surface area contributed by atoms with Crippen molar-refractivity contribution < 1.29 is 4.74 Å². The smallest absolute Gasteiger partial charge is 0.153 e. The van der Waals surface area contributed by atoms with Crippen LogP contribution in [0.2, 0.25) is 5.15 Å². The third kappa shape index (κ3) is 3.26. The third-order valence-corrected chi connectivity index (χ3v) is 4.15. The molecule has 0 atom stereocenters. The lowest BCUT2D eigenvalue weighted by Gasteiger charge is -2.13. The summed E-state index contributed by atoms with van der Waals surface area (Å²) in [5.74, 6) is 1.34. The number of aromatic nitrogens is 3. The van der Waals surface area contributed by atoms with Crippen LogP contribution >= 0.6 is 11.6 Å². The van der Waals surface area contributed by atoms with E-state index in [-0.39, 0.29) is 5.41 Å². The van der Waals surface area contributed by atoms with Crippen LogP contribution in [0.5, 0.6) is 5.75 Å². The van der Waals surface area contributed by atoms with E-state index in [1.165, 1.54) is 6.33 Å². The van der Waals surface area contributed by atoms with Gasteiger partial charge in [-0.2, -0.15) is 0 Å². The Morgan fingerprint density at radius 1 is 1.17 bits per heavy atom. The Morgan fingerprint density at radius 3 is 2.67 bits per heavy atom. The van der Waals surface area contributed by atoms with E-state index in [4.69, 9.17) is 16.3 Å². The van der Waals surface area contributed by atoms with E-state index in [0.717, 1.165) is 17.0 Å². The first kappa shape index (κ1) is 16.5. The standard InChI is InChI=1S/C18H19ClN4O/c1-11-15(24-4)9-14(16(19)22-11)23-17-12-5-7-18(2,3)8-6-13(12)20-10-21-17/h5-10H,1-4H3,(H,20,21,23). The van der Waals surface area contributed by atoms with E-state index in [1.807, 2.05) is 25.1 Å². The fourth-order valence-corrected chi connectivity index (χ4v) is 2.66. The van der Waals surface area contributed by atoms with Crippen LogP contribution in [0.4, 0.5) is 11.5 Å². The van der Waals surface area contributed by atoms with Crippen molar-refractivity contribution >= 4 is 35.3 Å². The van der Waals surface area contributed by atoms with Gasteiger partial charge >= 0.3 is 0 Å². The molecule has 0 fully saturated rings. The summed E-state index contributed by atoms with van der Waals surface area (Å²) in [4.78, 5) is 13.0. The first-order chi connectivity index (χ1) is 11.4. The molecule has 1 aliphatic carbocycles. The van der Waals surface area contributed by atoms with Crippen molar-refractivity contribution in [3.63, 3.8) is 0 Å². The van der Waals surface area contributed by atoms with Gasteiger partial charge in [0.15, 0.2) is 5.15 Å². The number of pyridine rings is 1. The maximum Gasteiger partial charge on any atom is 0.153 e. The number of aryl methyl sites for hydroxylation is 1. The zero-order valence-electron chi connectivity index (χ0n) is 14.1. The lowest BCUT2D eigenvalue weighted by Crippen LogP contribution is -2.02. The van der Waals surface area contributed by atoms with E-state index < -0.39 is 0 Å². The number of rotatable bonds is 3. The number of fused-ring (bicyclic) bond motifs is 1. The van der Waals surface area contributed by atoms with E-state index in [0.29, 0.717) is 22.4 Å². The first-order valence-electron chi connectivity index (χ1n) is 7.61. The monoisotopic (exact) mass is 342 g/mol. The molecule has 2 heterocycles. The Balaban J connectivity index is 2.04. The van der Waals surface area contributed by atoms with E-state index in [2.05, 4.69) is 46.3 Å². The summed E-state index contributed by atoms with van der Waals surface area (Å²) in [5, 5.41) is 3.62. The van der Waals surface area contributed by atoms with Gasteiger partial charge in [0.05, 0.1) is 24.2 Å². The average Bonchev–Trinajstić information content (AvgIpc) is 2.69. The third-order valence-electron chi connectivity index (χ3n) is 3.86. The molecule has 0 bridgehead atoms. The Bertz CT molecular complexity index is 843. The highest BCUT2D eigenvalue weighted by Crippen LogP contribution is 2.33. The predicted octanol–water partition coefficient (Wildman–Crippen LogP) is 4.65. The van der Waals surface area contributed by atoms with Crippen LogP contribution in [-0.4, -0.2) is 22.1 Å². The minimum Gasteiger partial charge on any atom is -0.495 e. The number of methoxy groups -OCH3 is 1. The van der Waals surface area contributed by atoms with Crippen LogP contribution in [0.15, 0.2) is 24.5 Å². The first-order valence-corrected chi connectivity index (χ1v) is 7.99. The van der Waals surface area contributed by atoms with Crippen molar-refractivity contribution in [3.8, 4) is 5.75 Å². The quantitative estimate of drug-likeness (QED) is 0.822. The van der Waals surface area contributed by atoms with Crippen LogP contribution in [0.3, 0.4) is 0 Å². The normalized spacial score (nSPS) is 14.9. The number of nitrogens with zero attached hydrogens (tertiary/aromatic N) is 3. The summed E-state index contributed by atoms with van der Waals surface area (Å²) < 4.78 is 5.32. The molecule has 0 aromatic carbocycles. The van der Waals surface area contributed by atoms with Crippen molar-refractivity contribution in [1.29, 1.82) is 0 Å². The fraction of sp³-hybridized carbons (Fsp3) is 0.278. The highest BCUT2D eigenvalue weighted by Gasteiger charge is 2.17. The number of halogens is 1. The number of ether oxygens (including phenoxy) is 1. The van der Waals surface area contributed by atoms with Crippen LogP contribution in [0.25, 0.3) is 12.2 Å². The fourth-order valence-electron chi connectivity index (χ4n) is 2.43. The molecule has 2 aromatic heterocycles. The van der Waals surface area contributed by atoms with Gasteiger partial charge in [0.1, 0.15) is 17.9 Å². The maximum atomic E-state index is 6.26. The van der Waals surface area contributed by atoms with Crippen molar-refractivity contribution in [2.45, 2.75) is 20.8 Å². The van der Waals surface area contributed by atoms with Crippen molar-refractivity contribution in [3.05, 3.63) is 46.7 Å². The van der Waals surface area contributed by atoms with Gasteiger partial charge in [-0.15, -0.1) is 0 Å². The van der Waals surface area contributed by atoms with Crippen molar-refractivity contribution in [1.82, 2.24) is 15.0 Å². The summed E-state index contributed by atoms with van der Waals surface area (Å²) in [5.41, 5.74) is 3.11. The van der Waals surface area contributed by atoms with Gasteiger partial charge in [0, 0.05) is 17.0 Å². The molecule has 5 nitrogen and oxygen atoms in total. The van der Waals surface area contributed by atoms with Gasteiger partial charge in [0.2, 0.25) is 0 Å². The molecule has 3 rings (SSSR count). The summed E-state index contributed by atoms with van der Waals surface area (Å²) >= 11 is 6.26. The highest BCUT2D eigenvalue weighted by atomic mass is 35.5. The number of allylic oxidation sites excluding steroid dienone is 2. The summed E-state index contributed by atoms with van der Waals surface area (Å²) in [6.45, 7) is 6.12. The molecule has 0 aliphatic heterocycles. The molecule has 124 valence electrons. The zero-order chi connectivity index (χ0) is 17.3. The molecule has 24 heavy (non-hydrogen) atoms. The second-order valence-electron chi connectivity index (χ2n) is 6.25. The molecule has 6 heteroatoms. The van der Waals surface area contributed by atoms with E-state index in [9.17, 15) is 0 Å². The Labute approximate surface area is 146 Å². The van der Waals surface area contributed by atoms with Gasteiger partial charge in [-0.25, -0.2) is 15.0 Å². The van der Waals surface area contributed by atoms with Crippen LogP contribution < -0.4 is 10.1 Å². The summed E-state index contributed by atoms with van der Waals surface area (Å²) in [7, 11) is 1.61. The van der Waals surface area contributed by atoms with Crippen molar-refractivity contribution in [2.24, 2.45) is 5.41 Å². The second-order valence-corrected chi connectivity index (χ2v) is 6.61. The summed E-state index contributed by atoms with van der Waals surface area (Å²) in [6.07, 6.45) is 9.82. The molecule has 0 radical (unpaired) electrons. The molecule has 1 N–H and O–H groups in total.